The maximum Gasteiger partial charge on any atom is 0.288 e. The normalized spacial score (nSPS) is 12.1. The van der Waals surface area contributed by atoms with Gasteiger partial charge in [0.05, 0.1) is 16.7 Å². The first kappa shape index (κ1) is 19.2. The Labute approximate surface area is 165 Å². The summed E-state index contributed by atoms with van der Waals surface area (Å²) in [7, 11) is 0. The first-order valence-corrected chi connectivity index (χ1v) is 8.69. The molecule has 1 amide bonds. The van der Waals surface area contributed by atoms with Crippen LogP contribution in [0.5, 0.6) is 0 Å². The van der Waals surface area contributed by atoms with Gasteiger partial charge in [0.1, 0.15) is 17.7 Å². The SMILES string of the molecule is CC(NC(=O)/C=C/c1ccc(Cl)c([N+](=O)[O-])c1)c1ccc(-n2cncn2)cc1. The summed E-state index contributed by atoms with van der Waals surface area (Å²) < 4.78 is 1.64. The zero-order chi connectivity index (χ0) is 20.1. The van der Waals surface area contributed by atoms with Crippen molar-refractivity contribution in [1.29, 1.82) is 0 Å². The van der Waals surface area contributed by atoms with Crippen LogP contribution in [-0.2, 0) is 4.79 Å². The number of nitrogens with zero attached hydrogens (tertiary/aromatic N) is 4. The molecule has 0 aliphatic carbocycles. The average molecular weight is 398 g/mol. The van der Waals surface area contributed by atoms with E-state index in [1.165, 1.54) is 30.6 Å². The fraction of sp³-hybridized carbons (Fsp3) is 0.105. The highest BCUT2D eigenvalue weighted by Gasteiger charge is 2.12. The molecule has 0 bridgehead atoms. The van der Waals surface area contributed by atoms with Crippen molar-refractivity contribution in [1.82, 2.24) is 20.1 Å². The molecule has 1 atom stereocenters. The summed E-state index contributed by atoms with van der Waals surface area (Å²) in [6.45, 7) is 1.86. The molecular weight excluding hydrogens is 382 g/mol. The van der Waals surface area contributed by atoms with E-state index in [9.17, 15) is 14.9 Å². The number of nitro groups is 1. The van der Waals surface area contributed by atoms with Gasteiger partial charge in [0, 0.05) is 12.1 Å². The van der Waals surface area contributed by atoms with Crippen molar-refractivity contribution >= 4 is 29.3 Å². The van der Waals surface area contributed by atoms with Crippen LogP contribution < -0.4 is 5.32 Å². The highest BCUT2D eigenvalue weighted by Crippen LogP contribution is 2.25. The third kappa shape index (κ3) is 4.60. The molecule has 8 nitrogen and oxygen atoms in total. The van der Waals surface area contributed by atoms with E-state index in [1.807, 2.05) is 31.2 Å². The fourth-order valence-electron chi connectivity index (χ4n) is 2.55. The lowest BCUT2D eigenvalue weighted by Crippen LogP contribution is -2.24. The number of benzene rings is 2. The van der Waals surface area contributed by atoms with E-state index in [2.05, 4.69) is 15.4 Å². The Bertz CT molecular complexity index is 1020. The van der Waals surface area contributed by atoms with Gasteiger partial charge in [0.2, 0.25) is 5.91 Å². The van der Waals surface area contributed by atoms with Crippen LogP contribution in [0.2, 0.25) is 5.02 Å². The highest BCUT2D eigenvalue weighted by molar-refractivity contribution is 6.32. The molecule has 0 aliphatic heterocycles. The third-order valence-corrected chi connectivity index (χ3v) is 4.35. The number of rotatable bonds is 6. The number of hydrogen-bond donors (Lipinski definition) is 1. The molecular formula is C19H16ClN5O3. The van der Waals surface area contributed by atoms with Crippen LogP contribution >= 0.6 is 11.6 Å². The molecule has 0 saturated carbocycles. The largest absolute Gasteiger partial charge is 0.346 e. The molecule has 3 aromatic rings. The van der Waals surface area contributed by atoms with Gasteiger partial charge in [0.25, 0.3) is 5.69 Å². The summed E-state index contributed by atoms with van der Waals surface area (Å²) in [5.41, 5.74) is 2.10. The van der Waals surface area contributed by atoms with E-state index in [0.717, 1.165) is 11.3 Å². The van der Waals surface area contributed by atoms with Crippen molar-refractivity contribution in [2.24, 2.45) is 0 Å². The van der Waals surface area contributed by atoms with Crippen LogP contribution in [0.3, 0.4) is 0 Å². The minimum Gasteiger partial charge on any atom is -0.346 e. The molecule has 0 spiro atoms. The summed E-state index contributed by atoms with van der Waals surface area (Å²) in [6.07, 6.45) is 5.89. The summed E-state index contributed by atoms with van der Waals surface area (Å²) in [6, 6.07) is 11.7. The molecule has 2 aromatic carbocycles. The van der Waals surface area contributed by atoms with Crippen molar-refractivity contribution in [3.8, 4) is 5.69 Å². The second-order valence-corrected chi connectivity index (χ2v) is 6.37. The van der Waals surface area contributed by atoms with Gasteiger partial charge in [-0.2, -0.15) is 5.10 Å². The number of carbonyl (C=O) groups excluding carboxylic acids is 1. The molecule has 1 aromatic heterocycles. The zero-order valence-corrected chi connectivity index (χ0v) is 15.6. The minimum atomic E-state index is -0.565. The van der Waals surface area contributed by atoms with Crippen LogP contribution in [0.15, 0.2) is 61.2 Å². The van der Waals surface area contributed by atoms with Gasteiger partial charge in [0.15, 0.2) is 0 Å². The fourth-order valence-corrected chi connectivity index (χ4v) is 2.73. The lowest BCUT2D eigenvalue weighted by molar-refractivity contribution is -0.384. The Morgan fingerprint density at radius 2 is 2.04 bits per heavy atom. The quantitative estimate of drug-likeness (QED) is 0.388. The monoisotopic (exact) mass is 397 g/mol. The molecule has 0 fully saturated rings. The first-order chi connectivity index (χ1) is 13.4. The topological polar surface area (TPSA) is 103 Å². The van der Waals surface area contributed by atoms with Crippen LogP contribution in [0, 0.1) is 10.1 Å². The maximum atomic E-state index is 12.2. The van der Waals surface area contributed by atoms with Gasteiger partial charge < -0.3 is 5.32 Å². The molecule has 3 rings (SSSR count). The van der Waals surface area contributed by atoms with Crippen molar-refractivity contribution in [3.05, 3.63) is 87.5 Å². The number of hydrogen-bond acceptors (Lipinski definition) is 5. The molecule has 0 saturated heterocycles. The van der Waals surface area contributed by atoms with E-state index < -0.39 is 4.92 Å². The van der Waals surface area contributed by atoms with E-state index in [1.54, 1.807) is 17.1 Å². The van der Waals surface area contributed by atoms with Crippen LogP contribution in [0.4, 0.5) is 5.69 Å². The van der Waals surface area contributed by atoms with Gasteiger partial charge in [-0.3, -0.25) is 14.9 Å². The second-order valence-electron chi connectivity index (χ2n) is 5.96. The van der Waals surface area contributed by atoms with E-state index in [0.29, 0.717) is 5.56 Å². The summed E-state index contributed by atoms with van der Waals surface area (Å²) in [5, 5.41) is 17.9. The molecule has 1 heterocycles. The van der Waals surface area contributed by atoms with Gasteiger partial charge in [-0.05, 0) is 42.3 Å². The van der Waals surface area contributed by atoms with Crippen molar-refractivity contribution in [3.63, 3.8) is 0 Å². The first-order valence-electron chi connectivity index (χ1n) is 8.31. The Morgan fingerprint density at radius 3 is 2.68 bits per heavy atom. The van der Waals surface area contributed by atoms with Crippen LogP contribution in [0.1, 0.15) is 24.1 Å². The maximum absolute atomic E-state index is 12.2. The van der Waals surface area contributed by atoms with Gasteiger partial charge in [-0.15, -0.1) is 0 Å². The minimum absolute atomic E-state index is 0.0505. The van der Waals surface area contributed by atoms with Gasteiger partial charge in [-0.1, -0.05) is 29.8 Å². The average Bonchev–Trinajstić information content (AvgIpc) is 3.22. The Hall–Kier alpha value is -3.52. The molecule has 1 unspecified atom stereocenters. The van der Waals surface area contributed by atoms with Crippen molar-refractivity contribution < 1.29 is 9.72 Å². The van der Waals surface area contributed by atoms with E-state index in [4.69, 9.17) is 11.6 Å². The number of halogens is 1. The predicted molar refractivity (Wildman–Crippen MR) is 105 cm³/mol. The second kappa shape index (κ2) is 8.45. The Balaban J connectivity index is 1.63. The Kier molecular flexibility index (Phi) is 5.81. The molecule has 0 radical (unpaired) electrons. The molecule has 9 heteroatoms. The van der Waals surface area contributed by atoms with Gasteiger partial charge >= 0.3 is 0 Å². The standard InChI is InChI=1S/C19H16ClN5O3/c1-13(15-4-6-16(7-5-15)24-12-21-11-22-24)23-19(26)9-3-14-2-8-17(20)18(10-14)25(27)28/h2-13H,1H3,(H,23,26)/b9-3+. The number of nitrogens with one attached hydrogen (secondary N) is 1. The molecule has 0 aliphatic rings. The molecule has 1 N–H and O–H groups in total. The predicted octanol–water partition coefficient (Wildman–Crippen LogP) is 3.72. The van der Waals surface area contributed by atoms with Gasteiger partial charge in [-0.25, -0.2) is 9.67 Å². The van der Waals surface area contributed by atoms with E-state index in [-0.39, 0.29) is 22.7 Å². The number of nitro benzene ring substituents is 1. The lowest BCUT2D eigenvalue weighted by Gasteiger charge is -2.13. The summed E-state index contributed by atoms with van der Waals surface area (Å²) in [4.78, 5) is 26.4. The van der Waals surface area contributed by atoms with Crippen LogP contribution in [0.25, 0.3) is 11.8 Å². The van der Waals surface area contributed by atoms with Crippen LogP contribution in [-0.4, -0.2) is 25.6 Å². The smallest absolute Gasteiger partial charge is 0.288 e. The van der Waals surface area contributed by atoms with Crippen molar-refractivity contribution in [2.75, 3.05) is 0 Å². The third-order valence-electron chi connectivity index (χ3n) is 4.03. The number of aromatic nitrogens is 3. The van der Waals surface area contributed by atoms with E-state index >= 15 is 0 Å². The zero-order valence-electron chi connectivity index (χ0n) is 14.8. The van der Waals surface area contributed by atoms with Crippen molar-refractivity contribution in [2.45, 2.75) is 13.0 Å². The number of amides is 1. The highest BCUT2D eigenvalue weighted by atomic mass is 35.5. The Morgan fingerprint density at radius 1 is 1.29 bits per heavy atom. The molecule has 28 heavy (non-hydrogen) atoms. The molecule has 142 valence electrons. The lowest BCUT2D eigenvalue weighted by atomic mass is 10.1. The summed E-state index contributed by atoms with van der Waals surface area (Å²) in [5.74, 6) is -0.314. The number of carbonyl (C=O) groups is 1. The summed E-state index contributed by atoms with van der Waals surface area (Å²) >= 11 is 5.78.